The SMILES string of the molecule is CC(C)(C)N1CCN(c2cc(Br)ccc2CBr)CC1. The van der Waals surface area contributed by atoms with Gasteiger partial charge in [0.2, 0.25) is 0 Å². The van der Waals surface area contributed by atoms with E-state index in [1.807, 2.05) is 0 Å². The lowest BCUT2D eigenvalue weighted by atomic mass is 10.0. The van der Waals surface area contributed by atoms with E-state index in [9.17, 15) is 0 Å². The van der Waals surface area contributed by atoms with Gasteiger partial charge in [0.1, 0.15) is 0 Å². The normalized spacial score (nSPS) is 17.8. The molecule has 19 heavy (non-hydrogen) atoms. The molecule has 0 bridgehead atoms. The lowest BCUT2D eigenvalue weighted by molar-refractivity contribution is 0.128. The van der Waals surface area contributed by atoms with Crippen molar-refractivity contribution >= 4 is 37.5 Å². The third kappa shape index (κ3) is 3.73. The van der Waals surface area contributed by atoms with Crippen LogP contribution in [-0.2, 0) is 5.33 Å². The van der Waals surface area contributed by atoms with Crippen molar-refractivity contribution in [2.75, 3.05) is 31.1 Å². The van der Waals surface area contributed by atoms with Crippen LogP contribution in [0.25, 0.3) is 0 Å². The summed E-state index contributed by atoms with van der Waals surface area (Å²) in [6, 6.07) is 6.55. The first kappa shape index (κ1) is 15.3. The Labute approximate surface area is 133 Å². The van der Waals surface area contributed by atoms with Crippen LogP contribution in [0.2, 0.25) is 0 Å². The van der Waals surface area contributed by atoms with Gasteiger partial charge in [0.05, 0.1) is 0 Å². The molecule has 0 amide bonds. The van der Waals surface area contributed by atoms with Crippen LogP contribution in [0.5, 0.6) is 0 Å². The van der Waals surface area contributed by atoms with E-state index in [-0.39, 0.29) is 5.54 Å². The van der Waals surface area contributed by atoms with Gasteiger partial charge in [-0.3, -0.25) is 4.90 Å². The molecule has 0 N–H and O–H groups in total. The van der Waals surface area contributed by atoms with Crippen LogP contribution in [0.3, 0.4) is 0 Å². The summed E-state index contributed by atoms with van der Waals surface area (Å²) in [5, 5.41) is 0.912. The van der Waals surface area contributed by atoms with E-state index in [2.05, 4.69) is 80.6 Å². The van der Waals surface area contributed by atoms with E-state index in [0.29, 0.717) is 0 Å². The van der Waals surface area contributed by atoms with Gasteiger partial charge in [-0.1, -0.05) is 37.9 Å². The quantitative estimate of drug-likeness (QED) is 0.697. The number of rotatable bonds is 2. The number of benzene rings is 1. The van der Waals surface area contributed by atoms with Crippen LogP contribution in [0, 0.1) is 0 Å². The highest BCUT2D eigenvalue weighted by Crippen LogP contribution is 2.28. The fourth-order valence-electron chi connectivity index (χ4n) is 2.56. The van der Waals surface area contributed by atoms with E-state index in [4.69, 9.17) is 0 Å². The first-order chi connectivity index (χ1) is 8.91. The molecule has 2 nitrogen and oxygen atoms in total. The number of nitrogens with zero attached hydrogens (tertiary/aromatic N) is 2. The van der Waals surface area contributed by atoms with E-state index in [1.165, 1.54) is 11.3 Å². The molecule has 0 atom stereocenters. The lowest BCUT2D eigenvalue weighted by Gasteiger charge is -2.43. The van der Waals surface area contributed by atoms with E-state index < -0.39 is 0 Å². The van der Waals surface area contributed by atoms with Gasteiger partial charge in [-0.25, -0.2) is 0 Å². The highest BCUT2D eigenvalue weighted by Gasteiger charge is 2.26. The Morgan fingerprint density at radius 2 is 1.74 bits per heavy atom. The maximum absolute atomic E-state index is 3.59. The number of anilines is 1. The zero-order valence-corrected chi connectivity index (χ0v) is 15.1. The molecule has 1 aliphatic rings. The van der Waals surface area contributed by atoms with E-state index in [1.54, 1.807) is 0 Å². The molecule has 1 aromatic carbocycles. The minimum atomic E-state index is 0.279. The van der Waals surface area contributed by atoms with Crippen LogP contribution in [-0.4, -0.2) is 36.6 Å². The second-order valence-corrected chi connectivity index (χ2v) is 7.53. The molecule has 106 valence electrons. The molecule has 1 fully saturated rings. The zero-order chi connectivity index (χ0) is 14.0. The fraction of sp³-hybridized carbons (Fsp3) is 0.600. The van der Waals surface area contributed by atoms with Crippen molar-refractivity contribution in [1.29, 1.82) is 0 Å². The molecule has 0 aromatic heterocycles. The highest BCUT2D eigenvalue weighted by molar-refractivity contribution is 9.10. The average Bonchev–Trinajstić information content (AvgIpc) is 2.38. The molecule has 2 rings (SSSR count). The zero-order valence-electron chi connectivity index (χ0n) is 11.9. The summed E-state index contributed by atoms with van der Waals surface area (Å²) in [5.74, 6) is 0. The molecule has 0 spiro atoms. The maximum atomic E-state index is 3.59. The smallest absolute Gasteiger partial charge is 0.0419 e. The van der Waals surface area contributed by atoms with Gasteiger partial charge in [0.15, 0.2) is 0 Å². The Bertz CT molecular complexity index is 432. The van der Waals surface area contributed by atoms with Crippen LogP contribution >= 0.6 is 31.9 Å². The average molecular weight is 390 g/mol. The van der Waals surface area contributed by atoms with Crippen LogP contribution in [0.15, 0.2) is 22.7 Å². The fourth-order valence-corrected chi connectivity index (χ4v) is 3.39. The minimum Gasteiger partial charge on any atom is -0.369 e. The number of hydrogen-bond acceptors (Lipinski definition) is 2. The second kappa shape index (κ2) is 6.15. The Balaban J connectivity index is 2.11. The Hall–Kier alpha value is -0.0600. The molecule has 0 saturated carbocycles. The van der Waals surface area contributed by atoms with Gasteiger partial charge in [-0.15, -0.1) is 0 Å². The summed E-state index contributed by atoms with van der Waals surface area (Å²) >= 11 is 7.17. The summed E-state index contributed by atoms with van der Waals surface area (Å²) in [5.41, 5.74) is 3.01. The van der Waals surface area contributed by atoms with Crippen molar-refractivity contribution in [3.63, 3.8) is 0 Å². The first-order valence-corrected chi connectivity index (χ1v) is 8.67. The largest absolute Gasteiger partial charge is 0.369 e. The van der Waals surface area contributed by atoms with Crippen LogP contribution in [0.4, 0.5) is 5.69 Å². The summed E-state index contributed by atoms with van der Waals surface area (Å²) in [6.07, 6.45) is 0. The standard InChI is InChI=1S/C15H22Br2N2/c1-15(2,3)19-8-6-18(7-9-19)14-10-13(17)5-4-12(14)11-16/h4-5,10H,6-9,11H2,1-3H3. The molecule has 1 aromatic rings. The van der Waals surface area contributed by atoms with Crippen molar-refractivity contribution < 1.29 is 0 Å². The summed E-state index contributed by atoms with van der Waals surface area (Å²) in [7, 11) is 0. The predicted octanol–water partition coefficient (Wildman–Crippen LogP) is 4.26. The van der Waals surface area contributed by atoms with Crippen molar-refractivity contribution in [3.05, 3.63) is 28.2 Å². The Morgan fingerprint density at radius 1 is 1.11 bits per heavy atom. The van der Waals surface area contributed by atoms with Gasteiger partial charge in [0, 0.05) is 47.2 Å². The molecule has 4 heteroatoms. The highest BCUT2D eigenvalue weighted by atomic mass is 79.9. The van der Waals surface area contributed by atoms with Crippen molar-refractivity contribution in [2.24, 2.45) is 0 Å². The predicted molar refractivity (Wildman–Crippen MR) is 90.3 cm³/mol. The van der Waals surface area contributed by atoms with Gasteiger partial charge in [-0.05, 0) is 38.5 Å². The Kier molecular flexibility index (Phi) is 4.96. The molecular weight excluding hydrogens is 368 g/mol. The molecule has 1 saturated heterocycles. The van der Waals surface area contributed by atoms with Crippen molar-refractivity contribution in [1.82, 2.24) is 4.90 Å². The number of hydrogen-bond donors (Lipinski definition) is 0. The van der Waals surface area contributed by atoms with Gasteiger partial charge in [0.25, 0.3) is 0 Å². The lowest BCUT2D eigenvalue weighted by Crippen LogP contribution is -2.53. The summed E-state index contributed by atoms with van der Waals surface area (Å²) < 4.78 is 1.16. The monoisotopic (exact) mass is 388 g/mol. The number of alkyl halides is 1. The molecule has 1 heterocycles. The number of halogens is 2. The topological polar surface area (TPSA) is 6.48 Å². The van der Waals surface area contributed by atoms with Crippen molar-refractivity contribution in [3.8, 4) is 0 Å². The Morgan fingerprint density at radius 3 is 2.26 bits per heavy atom. The van der Waals surface area contributed by atoms with Crippen molar-refractivity contribution in [2.45, 2.75) is 31.6 Å². The van der Waals surface area contributed by atoms with Gasteiger partial charge < -0.3 is 4.90 Å². The number of piperazine rings is 1. The van der Waals surface area contributed by atoms with Crippen LogP contribution in [0.1, 0.15) is 26.3 Å². The maximum Gasteiger partial charge on any atom is 0.0419 e. The summed E-state index contributed by atoms with van der Waals surface area (Å²) in [6.45, 7) is 11.4. The van der Waals surface area contributed by atoms with Crippen LogP contribution < -0.4 is 4.90 Å². The van der Waals surface area contributed by atoms with E-state index in [0.717, 1.165) is 36.0 Å². The summed E-state index contributed by atoms with van der Waals surface area (Å²) in [4.78, 5) is 5.07. The van der Waals surface area contributed by atoms with Gasteiger partial charge in [-0.2, -0.15) is 0 Å². The second-order valence-electron chi connectivity index (χ2n) is 6.05. The third-order valence-corrected chi connectivity index (χ3v) is 4.86. The molecule has 0 unspecified atom stereocenters. The van der Waals surface area contributed by atoms with Gasteiger partial charge >= 0.3 is 0 Å². The molecular formula is C15H22Br2N2. The van der Waals surface area contributed by atoms with E-state index >= 15 is 0 Å². The minimum absolute atomic E-state index is 0.279. The first-order valence-electron chi connectivity index (χ1n) is 6.76. The molecule has 1 aliphatic heterocycles. The molecule has 0 aliphatic carbocycles. The third-order valence-electron chi connectivity index (χ3n) is 3.76. The molecule has 0 radical (unpaired) electrons.